The van der Waals surface area contributed by atoms with Crippen molar-refractivity contribution in [2.75, 3.05) is 19.8 Å². The van der Waals surface area contributed by atoms with Crippen molar-refractivity contribution in [1.29, 1.82) is 0 Å². The first-order valence-electron chi connectivity index (χ1n) is 30.3. The van der Waals surface area contributed by atoms with Crippen molar-refractivity contribution < 1.29 is 64.6 Å². The quantitative estimate of drug-likeness (QED) is 0.0204. The van der Waals surface area contributed by atoms with Crippen molar-refractivity contribution in [3.05, 3.63) is 122 Å². The predicted octanol–water partition coefficient (Wildman–Crippen LogP) is 10.6. The topological polar surface area (TPSA) is 228 Å². The molecule has 450 valence electrons. The molecular formula is C65H107NO13. The van der Waals surface area contributed by atoms with Gasteiger partial charge in [-0.25, -0.2) is 0 Å². The van der Waals surface area contributed by atoms with E-state index in [0.717, 1.165) is 89.9 Å². The number of aliphatic hydroxyl groups excluding tert-OH is 8. The lowest BCUT2D eigenvalue weighted by Gasteiger charge is -2.46. The molecule has 1 amide bonds. The van der Waals surface area contributed by atoms with Gasteiger partial charge in [0.2, 0.25) is 5.91 Å². The summed E-state index contributed by atoms with van der Waals surface area (Å²) in [6.45, 7) is 2.62. The molecule has 9 N–H and O–H groups in total. The van der Waals surface area contributed by atoms with Gasteiger partial charge in [-0.3, -0.25) is 4.79 Å². The number of carbonyl (C=O) groups is 1. The first kappa shape index (κ1) is 71.5. The number of rotatable bonds is 46. The molecule has 0 aromatic heterocycles. The average Bonchev–Trinajstić information content (AvgIpc) is 3.48. The van der Waals surface area contributed by atoms with Gasteiger partial charge in [-0.05, 0) is 96.3 Å². The number of amides is 1. The molecule has 14 heteroatoms. The number of allylic oxidation sites excluding steroid dienone is 19. The standard InChI is InChI=1S/C65H107NO13/c1-3-5-7-9-11-13-15-17-19-21-22-23-24-25-26-27-28-29-30-31-32-33-35-37-39-41-43-45-47-49-57(70)66-53(54(69)48-46-44-42-40-38-36-34-20-18-16-14-12-10-8-6-4-2)52-76-64-62(75)60(73)63(56(51-68)78-64)79-65-61(74)59(72)58(71)55(50-67)77-65/h5,7,11,13,17,19,22-23,25-26,28-29,31-32,35,37-38,40,46,48,53-56,58-65,67-69,71-75H,3-4,6,8-10,12,14-16,18,20-21,24,27,30,33-34,36,39,41-45,47,49-52H2,1-2H3,(H,66,70)/b7-5-,13-11-,19-17-,23-22-,26-25-,29-28-,32-31-,37-35-,40-38+,48-46+. The predicted molar refractivity (Wildman–Crippen MR) is 318 cm³/mol. The Morgan fingerprint density at radius 3 is 1.39 bits per heavy atom. The Morgan fingerprint density at radius 2 is 0.886 bits per heavy atom. The van der Waals surface area contributed by atoms with Crippen molar-refractivity contribution in [3.63, 3.8) is 0 Å². The summed E-state index contributed by atoms with van der Waals surface area (Å²) >= 11 is 0. The third-order valence-corrected chi connectivity index (χ3v) is 13.9. The monoisotopic (exact) mass is 1110 g/mol. The Hall–Kier alpha value is -3.61. The van der Waals surface area contributed by atoms with Gasteiger partial charge in [0.25, 0.3) is 0 Å². The highest BCUT2D eigenvalue weighted by Gasteiger charge is 2.51. The number of carbonyl (C=O) groups excluding carboxylic acids is 1. The number of ether oxygens (including phenoxy) is 4. The van der Waals surface area contributed by atoms with Crippen molar-refractivity contribution in [1.82, 2.24) is 5.32 Å². The molecule has 0 saturated carbocycles. The Morgan fingerprint density at radius 1 is 0.468 bits per heavy atom. The Labute approximate surface area is 476 Å². The maximum Gasteiger partial charge on any atom is 0.220 e. The number of hydrogen-bond donors (Lipinski definition) is 9. The minimum Gasteiger partial charge on any atom is -0.394 e. The zero-order valence-corrected chi connectivity index (χ0v) is 48.3. The van der Waals surface area contributed by atoms with Crippen LogP contribution >= 0.6 is 0 Å². The van der Waals surface area contributed by atoms with Crippen LogP contribution in [0.2, 0.25) is 0 Å². The minimum atomic E-state index is -1.80. The number of aliphatic hydroxyl groups is 8. The van der Waals surface area contributed by atoms with Gasteiger partial charge in [0.05, 0.1) is 32.0 Å². The van der Waals surface area contributed by atoms with E-state index in [2.05, 4.69) is 129 Å². The van der Waals surface area contributed by atoms with E-state index in [1.54, 1.807) is 6.08 Å². The van der Waals surface area contributed by atoms with E-state index in [-0.39, 0.29) is 18.9 Å². The van der Waals surface area contributed by atoms with Crippen LogP contribution in [0.1, 0.15) is 187 Å². The number of nitrogens with one attached hydrogen (secondary N) is 1. The fourth-order valence-electron chi connectivity index (χ4n) is 9.03. The van der Waals surface area contributed by atoms with Crippen molar-refractivity contribution >= 4 is 5.91 Å². The van der Waals surface area contributed by atoms with Crippen molar-refractivity contribution in [2.45, 2.75) is 261 Å². The minimum absolute atomic E-state index is 0.235. The second kappa shape index (κ2) is 49.0. The maximum absolute atomic E-state index is 13.3. The van der Waals surface area contributed by atoms with Crippen LogP contribution in [0.15, 0.2) is 122 Å². The van der Waals surface area contributed by atoms with Crippen LogP contribution < -0.4 is 5.32 Å². The Bertz CT molecular complexity index is 1790. The lowest BCUT2D eigenvalue weighted by molar-refractivity contribution is -0.359. The summed E-state index contributed by atoms with van der Waals surface area (Å²) in [6, 6.07) is -0.955. The van der Waals surface area contributed by atoms with E-state index in [4.69, 9.17) is 18.9 Å². The van der Waals surface area contributed by atoms with Crippen molar-refractivity contribution in [2.24, 2.45) is 0 Å². The molecule has 12 unspecified atom stereocenters. The van der Waals surface area contributed by atoms with E-state index in [9.17, 15) is 45.6 Å². The molecule has 2 aliphatic rings. The molecule has 12 atom stereocenters. The average molecular weight is 1110 g/mol. The van der Waals surface area contributed by atoms with Crippen LogP contribution in [-0.2, 0) is 23.7 Å². The largest absolute Gasteiger partial charge is 0.394 e. The van der Waals surface area contributed by atoms with E-state index in [1.807, 2.05) is 6.08 Å². The highest BCUT2D eigenvalue weighted by molar-refractivity contribution is 5.76. The number of hydrogen-bond acceptors (Lipinski definition) is 13. The smallest absolute Gasteiger partial charge is 0.220 e. The Kier molecular flexibility index (Phi) is 44.4. The molecule has 2 aliphatic heterocycles. The van der Waals surface area contributed by atoms with Crippen LogP contribution in [0.3, 0.4) is 0 Å². The van der Waals surface area contributed by atoms with Gasteiger partial charge in [-0.15, -0.1) is 0 Å². The molecule has 2 saturated heterocycles. The summed E-state index contributed by atoms with van der Waals surface area (Å²) in [5.74, 6) is -0.280. The maximum atomic E-state index is 13.3. The van der Waals surface area contributed by atoms with Gasteiger partial charge >= 0.3 is 0 Å². The van der Waals surface area contributed by atoms with Crippen LogP contribution in [-0.4, -0.2) is 140 Å². The zero-order chi connectivity index (χ0) is 57.4. The molecule has 2 heterocycles. The van der Waals surface area contributed by atoms with E-state index < -0.39 is 86.8 Å². The highest BCUT2D eigenvalue weighted by atomic mass is 16.7. The summed E-state index contributed by atoms with van der Waals surface area (Å²) in [5.41, 5.74) is 0. The lowest BCUT2D eigenvalue weighted by atomic mass is 9.97. The van der Waals surface area contributed by atoms with Gasteiger partial charge in [0.15, 0.2) is 12.6 Å². The molecule has 0 aromatic carbocycles. The first-order valence-corrected chi connectivity index (χ1v) is 30.3. The van der Waals surface area contributed by atoms with Gasteiger partial charge in [-0.2, -0.15) is 0 Å². The van der Waals surface area contributed by atoms with Gasteiger partial charge in [-0.1, -0.05) is 206 Å². The van der Waals surface area contributed by atoms with Gasteiger partial charge in [0.1, 0.15) is 48.8 Å². The SMILES string of the molecule is CC/C=C\C/C=C\C/C=C\C/C=C\C/C=C\C/C=C\C/C=C\C/C=C\CCCCCCC(=O)NC(COC1OC(CO)C(OC2OC(CO)C(O)C(O)C2O)C(O)C1O)C(O)/C=C/CC/C=C/CCCCCCCCCCCC. The van der Waals surface area contributed by atoms with Gasteiger partial charge < -0.3 is 65.1 Å². The zero-order valence-electron chi connectivity index (χ0n) is 48.3. The number of unbranched alkanes of at least 4 members (excludes halogenated alkanes) is 15. The molecular weight excluding hydrogens is 1000 g/mol. The molecule has 2 fully saturated rings. The summed E-state index contributed by atoms with van der Waals surface area (Å²) in [7, 11) is 0. The van der Waals surface area contributed by atoms with Crippen LogP contribution in [0.25, 0.3) is 0 Å². The molecule has 0 spiro atoms. The molecule has 0 radical (unpaired) electrons. The second-order valence-corrected chi connectivity index (χ2v) is 20.7. The molecule has 14 nitrogen and oxygen atoms in total. The summed E-state index contributed by atoms with van der Waals surface area (Å²) in [5, 5.41) is 87.0. The fraction of sp³-hybridized carbons (Fsp3) is 0.677. The fourth-order valence-corrected chi connectivity index (χ4v) is 9.03. The molecule has 0 aliphatic carbocycles. The lowest BCUT2D eigenvalue weighted by Crippen LogP contribution is -2.65. The van der Waals surface area contributed by atoms with E-state index in [0.29, 0.717) is 12.8 Å². The Balaban J connectivity index is 1.77. The second-order valence-electron chi connectivity index (χ2n) is 20.7. The van der Waals surface area contributed by atoms with Crippen molar-refractivity contribution in [3.8, 4) is 0 Å². The molecule has 0 aromatic rings. The van der Waals surface area contributed by atoms with Crippen LogP contribution in [0, 0.1) is 0 Å². The molecule has 2 rings (SSSR count). The summed E-state index contributed by atoms with van der Waals surface area (Å²) < 4.78 is 22.7. The summed E-state index contributed by atoms with van der Waals surface area (Å²) in [6.07, 6.45) is 53.7. The summed E-state index contributed by atoms with van der Waals surface area (Å²) in [4.78, 5) is 13.3. The van der Waals surface area contributed by atoms with Crippen LogP contribution in [0.5, 0.6) is 0 Å². The van der Waals surface area contributed by atoms with Crippen LogP contribution in [0.4, 0.5) is 0 Å². The van der Waals surface area contributed by atoms with Gasteiger partial charge in [0, 0.05) is 6.42 Å². The third-order valence-electron chi connectivity index (χ3n) is 13.9. The normalized spacial score (nSPS) is 25.3. The molecule has 0 bridgehead atoms. The third kappa shape index (κ3) is 34.4. The highest BCUT2D eigenvalue weighted by Crippen LogP contribution is 2.30. The van der Waals surface area contributed by atoms with E-state index >= 15 is 0 Å². The molecule has 79 heavy (non-hydrogen) atoms. The first-order chi connectivity index (χ1) is 38.6. The van der Waals surface area contributed by atoms with E-state index in [1.165, 1.54) is 64.2 Å².